The number of urea groups is 1. The van der Waals surface area contributed by atoms with E-state index in [-0.39, 0.29) is 21.9 Å². The highest BCUT2D eigenvalue weighted by Gasteiger charge is 2.48. The third kappa shape index (κ3) is 4.81. The lowest BCUT2D eigenvalue weighted by atomic mass is 10.1. The summed E-state index contributed by atoms with van der Waals surface area (Å²) in [5, 5.41) is 0. The molecular weight excluding hydrogens is 468 g/mol. The van der Waals surface area contributed by atoms with Crippen LogP contribution < -0.4 is 0 Å². The first-order chi connectivity index (χ1) is 15.2. The van der Waals surface area contributed by atoms with Gasteiger partial charge < -0.3 is 0 Å². The van der Waals surface area contributed by atoms with Crippen molar-refractivity contribution in [1.29, 1.82) is 0 Å². The van der Waals surface area contributed by atoms with E-state index in [9.17, 15) is 49.5 Å². The molecule has 0 atom stereocenters. The number of alkyl halides is 4. The van der Waals surface area contributed by atoms with Crippen molar-refractivity contribution in [2.45, 2.75) is 18.3 Å². The molecule has 0 saturated carbocycles. The number of nitrogens with zero attached hydrogens (tertiary/aromatic N) is 2. The zero-order valence-corrected chi connectivity index (χ0v) is 16.2. The zero-order chi connectivity index (χ0) is 24.7. The van der Waals surface area contributed by atoms with E-state index < -0.39 is 83.6 Å². The molecule has 2 aromatic rings. The molecule has 5 nitrogen and oxygen atoms in total. The number of hydrogen-bond donors (Lipinski definition) is 0. The highest BCUT2D eigenvalue weighted by Crippen LogP contribution is 2.34. The van der Waals surface area contributed by atoms with Crippen LogP contribution in [-0.2, 0) is 21.4 Å². The molecule has 1 fully saturated rings. The fourth-order valence-corrected chi connectivity index (χ4v) is 3.02. The van der Waals surface area contributed by atoms with E-state index in [1.807, 2.05) is 0 Å². The molecular formula is C20H12F8N2O3. The molecule has 0 spiro atoms. The molecule has 4 amide bonds. The van der Waals surface area contributed by atoms with Crippen LogP contribution in [0.25, 0.3) is 0 Å². The van der Waals surface area contributed by atoms with Gasteiger partial charge in [0.15, 0.2) is 23.3 Å². The Balaban J connectivity index is 1.85. The minimum Gasteiger partial charge on any atom is -0.274 e. The average molecular weight is 480 g/mol. The first-order valence-corrected chi connectivity index (χ1v) is 9.04. The van der Waals surface area contributed by atoms with Gasteiger partial charge in [0.05, 0.1) is 13.1 Å². The molecule has 2 aromatic carbocycles. The molecule has 0 aromatic heterocycles. The molecule has 0 aliphatic carbocycles. The number of imide groups is 2. The van der Waals surface area contributed by atoms with Crippen molar-refractivity contribution in [3.63, 3.8) is 0 Å². The fourth-order valence-electron chi connectivity index (χ4n) is 3.02. The summed E-state index contributed by atoms with van der Waals surface area (Å²) in [6.45, 7) is -3.51. The molecule has 1 heterocycles. The maximum Gasteiger partial charge on any atom is 0.333 e. The van der Waals surface area contributed by atoms with E-state index in [1.165, 1.54) is 0 Å². The molecule has 176 valence electrons. The minimum atomic E-state index is -4.13. The molecule has 1 saturated heterocycles. The topological polar surface area (TPSA) is 57.7 Å². The molecule has 13 heteroatoms. The number of carbonyl (C=O) groups is 3. The van der Waals surface area contributed by atoms with Crippen LogP contribution >= 0.6 is 0 Å². The summed E-state index contributed by atoms with van der Waals surface area (Å²) in [6.07, 6.45) is -1.21. The van der Waals surface area contributed by atoms with Crippen LogP contribution in [0.5, 0.6) is 0 Å². The van der Waals surface area contributed by atoms with Crippen molar-refractivity contribution < 1.29 is 49.5 Å². The molecule has 33 heavy (non-hydrogen) atoms. The Morgan fingerprint density at radius 3 is 1.33 bits per heavy atom. The van der Waals surface area contributed by atoms with Gasteiger partial charge in [0.1, 0.15) is 6.42 Å². The molecule has 0 bridgehead atoms. The SMILES string of the molecule is O=C1CC(=O)N(CC(F)(F)c2ccc(F)c(F)c2)C(=O)N1CC(F)(F)c1ccc(F)c(F)c1. The monoisotopic (exact) mass is 480 g/mol. The predicted molar refractivity (Wildman–Crippen MR) is 93.9 cm³/mol. The smallest absolute Gasteiger partial charge is 0.274 e. The highest BCUT2D eigenvalue weighted by molar-refractivity contribution is 6.14. The van der Waals surface area contributed by atoms with Crippen molar-refractivity contribution in [1.82, 2.24) is 9.80 Å². The number of benzene rings is 2. The Morgan fingerprint density at radius 1 is 0.636 bits per heavy atom. The molecule has 3 rings (SSSR count). The first kappa shape index (κ1) is 24.1. The van der Waals surface area contributed by atoms with Crippen LogP contribution in [0, 0.1) is 23.3 Å². The standard InChI is InChI=1S/C20H12F8N2O3/c21-12-3-1-10(5-14(12)23)19(25,26)8-29-16(31)7-17(32)30(18(29)33)9-20(27,28)11-2-4-13(22)15(24)6-11/h1-6H,7-9H2. The Kier molecular flexibility index (Phi) is 6.18. The quantitative estimate of drug-likeness (QED) is 0.458. The van der Waals surface area contributed by atoms with Gasteiger partial charge in [-0.15, -0.1) is 0 Å². The summed E-state index contributed by atoms with van der Waals surface area (Å²) in [6, 6.07) is 0.214. The normalized spacial score (nSPS) is 15.5. The van der Waals surface area contributed by atoms with E-state index in [0.717, 1.165) is 0 Å². The van der Waals surface area contributed by atoms with Crippen molar-refractivity contribution >= 4 is 17.8 Å². The van der Waals surface area contributed by atoms with Gasteiger partial charge in [-0.3, -0.25) is 19.4 Å². The van der Waals surface area contributed by atoms with E-state index >= 15 is 0 Å². The molecule has 1 aliphatic rings. The number of hydrogen-bond acceptors (Lipinski definition) is 3. The van der Waals surface area contributed by atoms with Crippen molar-refractivity contribution in [2.75, 3.05) is 13.1 Å². The minimum absolute atomic E-state index is 0.133. The second-order valence-electron chi connectivity index (χ2n) is 7.09. The van der Waals surface area contributed by atoms with E-state index in [1.54, 1.807) is 0 Å². The van der Waals surface area contributed by atoms with Gasteiger partial charge in [0, 0.05) is 11.1 Å². The maximum absolute atomic E-state index is 14.5. The Labute approximate surface area is 180 Å². The lowest BCUT2D eigenvalue weighted by Crippen LogP contribution is -2.59. The summed E-state index contributed by atoms with van der Waals surface area (Å²) in [4.78, 5) is 36.2. The van der Waals surface area contributed by atoms with Crippen molar-refractivity contribution in [3.8, 4) is 0 Å². The largest absolute Gasteiger partial charge is 0.333 e. The van der Waals surface area contributed by atoms with Gasteiger partial charge in [-0.25, -0.2) is 22.4 Å². The Bertz CT molecular complexity index is 1050. The van der Waals surface area contributed by atoms with E-state index in [2.05, 4.69) is 0 Å². The van der Waals surface area contributed by atoms with Crippen LogP contribution in [0.1, 0.15) is 17.5 Å². The van der Waals surface area contributed by atoms with Gasteiger partial charge >= 0.3 is 6.03 Å². The van der Waals surface area contributed by atoms with Crippen molar-refractivity contribution in [2.24, 2.45) is 0 Å². The number of halogens is 8. The van der Waals surface area contributed by atoms with E-state index in [0.29, 0.717) is 24.3 Å². The number of barbiturate groups is 1. The van der Waals surface area contributed by atoms with Gasteiger partial charge in [0.25, 0.3) is 11.8 Å². The third-order valence-corrected chi connectivity index (χ3v) is 4.76. The maximum atomic E-state index is 14.5. The molecule has 1 aliphatic heterocycles. The molecule has 0 unspecified atom stereocenters. The number of amides is 4. The number of carbonyl (C=O) groups excluding carboxylic acids is 3. The Morgan fingerprint density at radius 2 is 1.00 bits per heavy atom. The summed E-state index contributed by atoms with van der Waals surface area (Å²) in [5.74, 6) is -17.3. The number of rotatable bonds is 6. The first-order valence-electron chi connectivity index (χ1n) is 9.04. The second kappa shape index (κ2) is 8.45. The van der Waals surface area contributed by atoms with Gasteiger partial charge in [-0.2, -0.15) is 17.6 Å². The van der Waals surface area contributed by atoms with Gasteiger partial charge in [-0.1, -0.05) is 0 Å². The molecule has 0 N–H and O–H groups in total. The summed E-state index contributed by atoms with van der Waals surface area (Å²) in [5.41, 5.74) is -2.23. The van der Waals surface area contributed by atoms with Gasteiger partial charge in [0.2, 0.25) is 11.8 Å². The summed E-state index contributed by atoms with van der Waals surface area (Å²) >= 11 is 0. The highest BCUT2D eigenvalue weighted by atomic mass is 19.3. The Hall–Kier alpha value is -3.51. The lowest BCUT2D eigenvalue weighted by Gasteiger charge is -2.36. The van der Waals surface area contributed by atoms with Crippen LogP contribution in [0.15, 0.2) is 36.4 Å². The lowest BCUT2D eigenvalue weighted by molar-refractivity contribution is -0.149. The average Bonchev–Trinajstić information content (AvgIpc) is 2.72. The van der Waals surface area contributed by atoms with Crippen LogP contribution in [0.4, 0.5) is 39.9 Å². The molecule has 0 radical (unpaired) electrons. The van der Waals surface area contributed by atoms with Crippen LogP contribution in [0.3, 0.4) is 0 Å². The summed E-state index contributed by atoms with van der Waals surface area (Å²) < 4.78 is 111. The fraction of sp³-hybridized carbons (Fsp3) is 0.250. The zero-order valence-electron chi connectivity index (χ0n) is 16.2. The summed E-state index contributed by atoms with van der Waals surface area (Å²) in [7, 11) is 0. The third-order valence-electron chi connectivity index (χ3n) is 4.76. The van der Waals surface area contributed by atoms with Gasteiger partial charge in [-0.05, 0) is 36.4 Å². The second-order valence-corrected chi connectivity index (χ2v) is 7.09. The van der Waals surface area contributed by atoms with Crippen LogP contribution in [-0.4, -0.2) is 40.7 Å². The predicted octanol–water partition coefficient (Wildman–Crippen LogP) is 4.31. The van der Waals surface area contributed by atoms with E-state index in [4.69, 9.17) is 0 Å². The van der Waals surface area contributed by atoms with Crippen molar-refractivity contribution in [3.05, 3.63) is 70.8 Å². The van der Waals surface area contributed by atoms with Crippen LogP contribution in [0.2, 0.25) is 0 Å².